The molecule has 0 atom stereocenters. The maximum atomic E-state index is 13.6. The molecule has 0 aliphatic heterocycles. The highest BCUT2D eigenvalue weighted by molar-refractivity contribution is 6.00. The molecular weight excluding hydrogens is 275 g/mol. The first-order valence-corrected chi connectivity index (χ1v) is 6.68. The predicted molar refractivity (Wildman–Crippen MR) is 75.7 cm³/mol. The van der Waals surface area contributed by atoms with Gasteiger partial charge < -0.3 is 20.2 Å². The minimum absolute atomic E-state index is 0.187. The number of nitrogens with zero attached hydrogens (tertiary/aromatic N) is 1. The van der Waals surface area contributed by atoms with Gasteiger partial charge in [-0.3, -0.25) is 0 Å². The number of benzene rings is 1. The fraction of sp³-hybridized carbons (Fsp3) is 0.267. The van der Waals surface area contributed by atoms with Crippen molar-refractivity contribution in [2.75, 3.05) is 10.6 Å². The molecule has 3 N–H and O–H groups in total. The smallest absolute Gasteiger partial charge is 0.340 e. The number of furan rings is 1. The van der Waals surface area contributed by atoms with Gasteiger partial charge in [-0.2, -0.15) is 0 Å². The van der Waals surface area contributed by atoms with Crippen molar-refractivity contribution < 1.29 is 18.7 Å². The van der Waals surface area contributed by atoms with E-state index in [1.165, 1.54) is 12.1 Å². The summed E-state index contributed by atoms with van der Waals surface area (Å²) in [4.78, 5) is 13.4. The van der Waals surface area contributed by atoms with Gasteiger partial charge in [-0.1, -0.05) is 0 Å². The van der Waals surface area contributed by atoms with Gasteiger partial charge in [0.25, 0.3) is 0 Å². The molecule has 1 aliphatic rings. The summed E-state index contributed by atoms with van der Waals surface area (Å²) in [5.74, 6) is -1.22. The van der Waals surface area contributed by atoms with E-state index in [4.69, 9.17) is 10.2 Å². The van der Waals surface area contributed by atoms with Crippen molar-refractivity contribution in [3.05, 3.63) is 47.7 Å². The predicted octanol–water partition coefficient (Wildman–Crippen LogP) is 2.87. The second-order valence-corrected chi connectivity index (χ2v) is 5.10. The van der Waals surface area contributed by atoms with Crippen molar-refractivity contribution in [2.45, 2.75) is 25.4 Å². The van der Waals surface area contributed by atoms with Gasteiger partial charge in [0.2, 0.25) is 0 Å². The number of aromatic carboxylic acids is 1. The first kappa shape index (κ1) is 13.5. The largest absolute Gasteiger partial charge is 0.478 e. The van der Waals surface area contributed by atoms with Crippen LogP contribution in [0.15, 0.2) is 34.9 Å². The summed E-state index contributed by atoms with van der Waals surface area (Å²) in [6.45, 7) is 0.434. The number of carbonyl (C=O) groups is 1. The molecule has 3 rings (SSSR count). The van der Waals surface area contributed by atoms with Gasteiger partial charge in [0, 0.05) is 6.04 Å². The molecule has 0 unspecified atom stereocenters. The number of carboxylic acids is 1. The number of nitrogens with two attached hydrogens (primary N) is 1. The Bertz CT molecular complexity index is 666. The summed E-state index contributed by atoms with van der Waals surface area (Å²) in [7, 11) is 0. The average Bonchev–Trinajstić information content (AvgIpc) is 3.16. The molecule has 21 heavy (non-hydrogen) atoms. The van der Waals surface area contributed by atoms with Crippen LogP contribution in [0.25, 0.3) is 0 Å². The summed E-state index contributed by atoms with van der Waals surface area (Å²) in [5, 5.41) is 9.35. The summed E-state index contributed by atoms with van der Waals surface area (Å²) in [6, 6.07) is 6.50. The third kappa shape index (κ3) is 2.56. The van der Waals surface area contributed by atoms with Crippen LogP contribution in [-0.4, -0.2) is 17.1 Å². The SMILES string of the molecule is Nc1c(F)ccc(N(Cc2ccco2)C2CC2)c1C(=O)O. The topological polar surface area (TPSA) is 79.7 Å². The van der Waals surface area contributed by atoms with Crippen LogP contribution < -0.4 is 10.6 Å². The van der Waals surface area contributed by atoms with E-state index in [2.05, 4.69) is 0 Å². The first-order chi connectivity index (χ1) is 10.1. The molecule has 2 aromatic rings. The number of nitrogen functional groups attached to an aromatic ring is 1. The Kier molecular flexibility index (Phi) is 3.29. The molecule has 0 amide bonds. The number of rotatable bonds is 5. The zero-order chi connectivity index (χ0) is 15.0. The van der Waals surface area contributed by atoms with Crippen molar-refractivity contribution in [1.29, 1.82) is 0 Å². The fourth-order valence-electron chi connectivity index (χ4n) is 2.41. The fourth-order valence-corrected chi connectivity index (χ4v) is 2.41. The molecule has 6 heteroatoms. The lowest BCUT2D eigenvalue weighted by atomic mass is 10.1. The second-order valence-electron chi connectivity index (χ2n) is 5.10. The highest BCUT2D eigenvalue weighted by Gasteiger charge is 2.33. The maximum absolute atomic E-state index is 13.6. The Morgan fingerprint density at radius 1 is 1.43 bits per heavy atom. The third-order valence-electron chi connectivity index (χ3n) is 3.59. The molecule has 1 aromatic carbocycles. The minimum atomic E-state index is -1.23. The number of anilines is 2. The summed E-state index contributed by atoms with van der Waals surface area (Å²) < 4.78 is 18.9. The lowest BCUT2D eigenvalue weighted by Crippen LogP contribution is -2.27. The number of hydrogen-bond donors (Lipinski definition) is 2. The van der Waals surface area contributed by atoms with Crippen LogP contribution in [0.4, 0.5) is 15.8 Å². The van der Waals surface area contributed by atoms with E-state index in [1.54, 1.807) is 12.3 Å². The zero-order valence-corrected chi connectivity index (χ0v) is 11.3. The lowest BCUT2D eigenvalue weighted by molar-refractivity contribution is 0.0698. The van der Waals surface area contributed by atoms with Crippen LogP contribution in [0.2, 0.25) is 0 Å². The lowest BCUT2D eigenvalue weighted by Gasteiger charge is -2.26. The Morgan fingerprint density at radius 2 is 2.19 bits per heavy atom. The molecule has 1 aliphatic carbocycles. The van der Waals surface area contributed by atoms with Crippen LogP contribution in [0, 0.1) is 5.82 Å². The van der Waals surface area contributed by atoms with Crippen LogP contribution >= 0.6 is 0 Å². The molecule has 1 aromatic heterocycles. The minimum Gasteiger partial charge on any atom is -0.478 e. The van der Waals surface area contributed by atoms with E-state index in [0.29, 0.717) is 12.2 Å². The molecule has 0 saturated heterocycles. The zero-order valence-electron chi connectivity index (χ0n) is 11.3. The van der Waals surface area contributed by atoms with E-state index in [9.17, 15) is 14.3 Å². The quantitative estimate of drug-likeness (QED) is 0.828. The van der Waals surface area contributed by atoms with E-state index in [1.807, 2.05) is 11.0 Å². The summed E-state index contributed by atoms with van der Waals surface area (Å²) in [6.07, 6.45) is 3.51. The Morgan fingerprint density at radius 3 is 2.76 bits per heavy atom. The van der Waals surface area contributed by atoms with Crippen LogP contribution in [0.1, 0.15) is 29.0 Å². The number of halogens is 1. The van der Waals surface area contributed by atoms with Gasteiger partial charge in [0.15, 0.2) is 0 Å². The average molecular weight is 290 g/mol. The number of hydrogen-bond acceptors (Lipinski definition) is 4. The van der Waals surface area contributed by atoms with Gasteiger partial charge in [-0.05, 0) is 37.1 Å². The van der Waals surface area contributed by atoms with E-state index < -0.39 is 11.8 Å². The Balaban J connectivity index is 2.03. The van der Waals surface area contributed by atoms with Gasteiger partial charge in [0.05, 0.1) is 24.2 Å². The summed E-state index contributed by atoms with van der Waals surface area (Å²) in [5.41, 5.74) is 5.53. The van der Waals surface area contributed by atoms with Crippen molar-refractivity contribution in [2.24, 2.45) is 0 Å². The van der Waals surface area contributed by atoms with Crippen LogP contribution in [0.5, 0.6) is 0 Å². The molecule has 110 valence electrons. The highest BCUT2D eigenvalue weighted by Crippen LogP contribution is 2.37. The monoisotopic (exact) mass is 290 g/mol. The van der Waals surface area contributed by atoms with E-state index >= 15 is 0 Å². The normalized spacial score (nSPS) is 14.1. The molecule has 0 bridgehead atoms. The molecular formula is C15H15FN2O3. The van der Waals surface area contributed by atoms with Gasteiger partial charge >= 0.3 is 5.97 Å². The second kappa shape index (κ2) is 5.12. The van der Waals surface area contributed by atoms with Gasteiger partial charge in [-0.25, -0.2) is 9.18 Å². The van der Waals surface area contributed by atoms with Crippen molar-refractivity contribution in [3.63, 3.8) is 0 Å². The Labute approximate surface area is 120 Å². The van der Waals surface area contributed by atoms with E-state index in [-0.39, 0.29) is 17.3 Å². The highest BCUT2D eigenvalue weighted by atomic mass is 19.1. The Hall–Kier alpha value is -2.50. The van der Waals surface area contributed by atoms with Crippen LogP contribution in [0.3, 0.4) is 0 Å². The number of carboxylic acid groups (broad SMARTS) is 1. The maximum Gasteiger partial charge on any atom is 0.340 e. The summed E-state index contributed by atoms with van der Waals surface area (Å²) >= 11 is 0. The molecule has 1 heterocycles. The van der Waals surface area contributed by atoms with Crippen LogP contribution in [-0.2, 0) is 6.54 Å². The molecule has 0 spiro atoms. The standard InChI is InChI=1S/C15H15FN2O3/c16-11-5-6-12(13(14(11)17)15(19)20)18(9-3-4-9)8-10-2-1-7-21-10/h1-2,5-7,9H,3-4,8,17H2,(H,19,20). The van der Waals surface area contributed by atoms with Gasteiger partial charge in [0.1, 0.15) is 17.1 Å². The molecule has 5 nitrogen and oxygen atoms in total. The van der Waals surface area contributed by atoms with Crippen molar-refractivity contribution >= 4 is 17.3 Å². The third-order valence-corrected chi connectivity index (χ3v) is 3.59. The molecule has 1 saturated carbocycles. The molecule has 1 fully saturated rings. The van der Waals surface area contributed by atoms with E-state index in [0.717, 1.165) is 18.6 Å². The van der Waals surface area contributed by atoms with Crippen molar-refractivity contribution in [1.82, 2.24) is 0 Å². The van der Waals surface area contributed by atoms with Crippen molar-refractivity contribution in [3.8, 4) is 0 Å². The molecule has 0 radical (unpaired) electrons. The first-order valence-electron chi connectivity index (χ1n) is 6.68. The van der Waals surface area contributed by atoms with Gasteiger partial charge in [-0.15, -0.1) is 0 Å².